The molecular weight excluding hydrogens is 558 g/mol. The lowest BCUT2D eigenvalue weighted by atomic mass is 9.70. The zero-order chi connectivity index (χ0) is 32.7. The molecule has 46 heavy (non-hydrogen) atoms. The molecule has 0 amide bonds. The van der Waals surface area contributed by atoms with Crippen molar-refractivity contribution in [1.29, 1.82) is 0 Å². The normalized spacial score (nSPS) is 11.8. The van der Waals surface area contributed by atoms with E-state index < -0.39 is 0 Å². The molecule has 0 N–H and O–H groups in total. The van der Waals surface area contributed by atoms with Crippen molar-refractivity contribution in [3.05, 3.63) is 155 Å². The van der Waals surface area contributed by atoms with Crippen molar-refractivity contribution in [2.75, 3.05) is 11.5 Å². The van der Waals surface area contributed by atoms with E-state index in [-0.39, 0.29) is 10.8 Å². The van der Waals surface area contributed by atoms with Crippen molar-refractivity contribution in [2.45, 2.75) is 85.0 Å². The van der Waals surface area contributed by atoms with E-state index in [4.69, 9.17) is 4.74 Å². The zero-order valence-electron chi connectivity index (χ0n) is 28.9. The van der Waals surface area contributed by atoms with Crippen LogP contribution in [0.2, 0.25) is 0 Å². The van der Waals surface area contributed by atoms with Gasteiger partial charge in [0.25, 0.3) is 0 Å². The monoisotopic (exact) mass is 609 g/mol. The quantitative estimate of drug-likeness (QED) is 0.132. The van der Waals surface area contributed by atoms with Crippen LogP contribution < -0.4 is 9.64 Å². The molecule has 5 aromatic carbocycles. The number of benzene rings is 5. The standard InChI is InChI=1S/C44H51NO/c1-8-43(9-2,37-17-13-15-33(6)31-37)35-19-23-39(24-20-35)45(41-27-29-42(30-28-41)46-12-5)40-25-21-36(22-26-40)44(10-3,11-4)38-18-14-16-34(7)32-38/h13-32H,8-12H2,1-7H3. The second-order valence-electron chi connectivity index (χ2n) is 12.7. The van der Waals surface area contributed by atoms with Gasteiger partial charge in [-0.1, -0.05) is 112 Å². The molecule has 5 rings (SSSR count). The van der Waals surface area contributed by atoms with Crippen LogP contribution in [0.25, 0.3) is 0 Å². The fraction of sp³-hybridized carbons (Fsp3) is 0.318. The second-order valence-corrected chi connectivity index (χ2v) is 12.7. The third-order valence-electron chi connectivity index (χ3n) is 10.3. The first kappa shape index (κ1) is 33.1. The Kier molecular flexibility index (Phi) is 10.4. The summed E-state index contributed by atoms with van der Waals surface area (Å²) in [5.41, 5.74) is 11.5. The highest BCUT2D eigenvalue weighted by Crippen LogP contribution is 2.43. The van der Waals surface area contributed by atoms with Gasteiger partial charge in [-0.25, -0.2) is 0 Å². The lowest BCUT2D eigenvalue weighted by Gasteiger charge is -2.35. The van der Waals surface area contributed by atoms with Gasteiger partial charge >= 0.3 is 0 Å². The Bertz CT molecular complexity index is 1590. The van der Waals surface area contributed by atoms with Gasteiger partial charge in [-0.05, 0) is 117 Å². The van der Waals surface area contributed by atoms with E-state index in [0.717, 1.165) is 48.5 Å². The summed E-state index contributed by atoms with van der Waals surface area (Å²) < 4.78 is 5.79. The summed E-state index contributed by atoms with van der Waals surface area (Å²) in [7, 11) is 0. The van der Waals surface area contributed by atoms with Gasteiger partial charge in [0.1, 0.15) is 5.75 Å². The van der Waals surface area contributed by atoms with Gasteiger partial charge in [0.15, 0.2) is 0 Å². The number of nitrogens with zero attached hydrogens (tertiary/aromatic N) is 1. The Morgan fingerprint density at radius 2 is 0.826 bits per heavy atom. The molecule has 5 aromatic rings. The molecular formula is C44H51NO. The van der Waals surface area contributed by atoms with E-state index in [1.165, 1.54) is 33.4 Å². The molecule has 0 atom stereocenters. The second kappa shape index (κ2) is 14.4. The summed E-state index contributed by atoms with van der Waals surface area (Å²) in [5.74, 6) is 0.888. The maximum Gasteiger partial charge on any atom is 0.119 e. The Morgan fingerprint density at radius 1 is 0.457 bits per heavy atom. The lowest BCUT2D eigenvalue weighted by molar-refractivity contribution is 0.340. The van der Waals surface area contributed by atoms with Crippen molar-refractivity contribution in [2.24, 2.45) is 0 Å². The molecule has 0 saturated heterocycles. The highest BCUT2D eigenvalue weighted by molar-refractivity contribution is 5.77. The van der Waals surface area contributed by atoms with Crippen LogP contribution in [0.5, 0.6) is 5.75 Å². The number of hydrogen-bond acceptors (Lipinski definition) is 2. The van der Waals surface area contributed by atoms with Gasteiger partial charge in [0, 0.05) is 27.9 Å². The van der Waals surface area contributed by atoms with Crippen LogP contribution in [0.15, 0.2) is 121 Å². The summed E-state index contributed by atoms with van der Waals surface area (Å²) in [5, 5.41) is 0. The smallest absolute Gasteiger partial charge is 0.119 e. The number of anilines is 3. The largest absolute Gasteiger partial charge is 0.494 e. The maximum atomic E-state index is 5.79. The van der Waals surface area contributed by atoms with Crippen LogP contribution in [-0.4, -0.2) is 6.61 Å². The minimum Gasteiger partial charge on any atom is -0.494 e. The highest BCUT2D eigenvalue weighted by atomic mass is 16.5. The molecule has 0 saturated carbocycles. The minimum absolute atomic E-state index is 0.0183. The molecule has 0 fully saturated rings. The lowest BCUT2D eigenvalue weighted by Crippen LogP contribution is -2.26. The van der Waals surface area contributed by atoms with E-state index in [0.29, 0.717) is 6.61 Å². The van der Waals surface area contributed by atoms with Gasteiger partial charge in [-0.3, -0.25) is 0 Å². The van der Waals surface area contributed by atoms with Crippen LogP contribution in [0.3, 0.4) is 0 Å². The number of aryl methyl sites for hydroxylation is 2. The third kappa shape index (κ3) is 6.36. The molecule has 0 heterocycles. The fourth-order valence-corrected chi connectivity index (χ4v) is 7.52. The van der Waals surface area contributed by atoms with Crippen molar-refractivity contribution in [3.63, 3.8) is 0 Å². The van der Waals surface area contributed by atoms with Crippen molar-refractivity contribution < 1.29 is 4.74 Å². The number of ether oxygens (including phenoxy) is 1. The maximum absolute atomic E-state index is 5.79. The van der Waals surface area contributed by atoms with Crippen molar-refractivity contribution in [1.82, 2.24) is 0 Å². The van der Waals surface area contributed by atoms with Crippen molar-refractivity contribution >= 4 is 17.1 Å². The van der Waals surface area contributed by atoms with Gasteiger partial charge in [0.2, 0.25) is 0 Å². The van der Waals surface area contributed by atoms with Crippen LogP contribution in [0.1, 0.15) is 93.7 Å². The van der Waals surface area contributed by atoms with E-state index in [2.05, 4.69) is 168 Å². The topological polar surface area (TPSA) is 12.5 Å². The molecule has 2 heteroatoms. The fourth-order valence-electron chi connectivity index (χ4n) is 7.52. The van der Waals surface area contributed by atoms with E-state index in [1.54, 1.807) is 0 Å². The molecule has 0 aliphatic carbocycles. The van der Waals surface area contributed by atoms with E-state index in [9.17, 15) is 0 Å². The van der Waals surface area contributed by atoms with Gasteiger partial charge in [0.05, 0.1) is 6.61 Å². The molecule has 0 unspecified atom stereocenters. The van der Waals surface area contributed by atoms with Crippen LogP contribution >= 0.6 is 0 Å². The Labute approximate surface area is 278 Å². The minimum atomic E-state index is -0.0183. The number of rotatable bonds is 13. The third-order valence-corrected chi connectivity index (χ3v) is 10.3. The molecule has 2 nitrogen and oxygen atoms in total. The summed E-state index contributed by atoms with van der Waals surface area (Å²) in [6, 6.07) is 45.1. The Morgan fingerprint density at radius 3 is 1.15 bits per heavy atom. The SMILES string of the molecule is CCOc1ccc(N(c2ccc(C(CC)(CC)c3cccc(C)c3)cc2)c2ccc(C(CC)(CC)c3cccc(C)c3)cc2)cc1. The first-order valence-corrected chi connectivity index (χ1v) is 17.2. The van der Waals surface area contributed by atoms with E-state index >= 15 is 0 Å². The van der Waals surface area contributed by atoms with Gasteiger partial charge in [-0.15, -0.1) is 0 Å². The molecule has 0 aromatic heterocycles. The average molecular weight is 610 g/mol. The predicted molar refractivity (Wildman–Crippen MR) is 197 cm³/mol. The highest BCUT2D eigenvalue weighted by Gasteiger charge is 2.32. The first-order chi connectivity index (χ1) is 22.3. The molecule has 0 aliphatic heterocycles. The molecule has 0 bridgehead atoms. The Hall–Kier alpha value is -4.30. The molecule has 0 spiro atoms. The summed E-state index contributed by atoms with van der Waals surface area (Å²) in [4.78, 5) is 2.36. The molecule has 0 radical (unpaired) electrons. The van der Waals surface area contributed by atoms with Crippen LogP contribution in [0.4, 0.5) is 17.1 Å². The van der Waals surface area contributed by atoms with Crippen LogP contribution in [0, 0.1) is 13.8 Å². The zero-order valence-corrected chi connectivity index (χ0v) is 28.9. The van der Waals surface area contributed by atoms with Gasteiger partial charge < -0.3 is 9.64 Å². The summed E-state index contributed by atoms with van der Waals surface area (Å²) in [6.07, 6.45) is 4.20. The van der Waals surface area contributed by atoms with Crippen LogP contribution in [-0.2, 0) is 10.8 Å². The molecule has 0 aliphatic rings. The summed E-state index contributed by atoms with van der Waals surface area (Å²) >= 11 is 0. The average Bonchev–Trinajstić information content (AvgIpc) is 3.09. The molecule has 238 valence electrons. The predicted octanol–water partition coefficient (Wildman–Crippen LogP) is 12.4. The van der Waals surface area contributed by atoms with E-state index in [1.807, 2.05) is 6.92 Å². The van der Waals surface area contributed by atoms with Crippen molar-refractivity contribution in [3.8, 4) is 5.75 Å². The number of hydrogen-bond donors (Lipinski definition) is 0. The summed E-state index contributed by atoms with van der Waals surface area (Å²) in [6.45, 7) is 16.3. The van der Waals surface area contributed by atoms with Gasteiger partial charge in [-0.2, -0.15) is 0 Å². The Balaban J connectivity index is 1.58. The first-order valence-electron chi connectivity index (χ1n) is 17.2.